The Labute approximate surface area is 82.1 Å². The van der Waals surface area contributed by atoms with Crippen molar-refractivity contribution in [3.8, 4) is 0 Å². The van der Waals surface area contributed by atoms with Crippen LogP contribution in [0, 0.1) is 0 Å². The predicted octanol–water partition coefficient (Wildman–Crippen LogP) is 1.92. The van der Waals surface area contributed by atoms with Crippen LogP contribution in [-0.4, -0.2) is 37.6 Å². The van der Waals surface area contributed by atoms with Crippen molar-refractivity contribution in [2.75, 3.05) is 20.7 Å². The Morgan fingerprint density at radius 2 is 1.85 bits per heavy atom. The fourth-order valence-corrected chi connectivity index (χ4v) is 1.01. The van der Waals surface area contributed by atoms with Crippen LogP contribution in [0.2, 0.25) is 0 Å². The molecule has 0 aliphatic heterocycles. The zero-order valence-electron chi connectivity index (χ0n) is 9.76. The van der Waals surface area contributed by atoms with E-state index in [2.05, 4.69) is 4.74 Å². The highest BCUT2D eigenvalue weighted by atomic mass is 16.5. The number of ether oxygens (including phenoxy) is 1. The molecular formula is C10H23NO2. The maximum absolute atomic E-state index is 11.1. The number of hydrogen-bond donors (Lipinski definition) is 0. The van der Waals surface area contributed by atoms with Gasteiger partial charge in [0.25, 0.3) is 0 Å². The number of esters is 1. The molecular weight excluding hydrogens is 166 g/mol. The molecule has 0 spiro atoms. The van der Waals surface area contributed by atoms with E-state index in [1.54, 1.807) is 0 Å². The summed E-state index contributed by atoms with van der Waals surface area (Å²) in [6.45, 7) is 8.87. The second kappa shape index (κ2) is 9.52. The van der Waals surface area contributed by atoms with Gasteiger partial charge in [0.05, 0.1) is 7.11 Å². The van der Waals surface area contributed by atoms with Crippen molar-refractivity contribution in [2.45, 2.75) is 40.2 Å². The minimum absolute atomic E-state index is 0.0787. The number of nitrogens with zero attached hydrogens (tertiary/aromatic N) is 1. The third-order valence-electron chi connectivity index (χ3n) is 1.89. The van der Waals surface area contributed by atoms with Crippen molar-refractivity contribution < 1.29 is 9.53 Å². The van der Waals surface area contributed by atoms with E-state index >= 15 is 0 Å². The minimum atomic E-state index is -0.142. The molecule has 0 aromatic rings. The molecule has 3 heteroatoms. The Balaban J connectivity index is 0. The lowest BCUT2D eigenvalue weighted by molar-refractivity contribution is -0.146. The molecule has 0 saturated heterocycles. The van der Waals surface area contributed by atoms with Gasteiger partial charge in [-0.25, -0.2) is 0 Å². The zero-order chi connectivity index (χ0) is 10.9. The van der Waals surface area contributed by atoms with Crippen LogP contribution in [0.4, 0.5) is 0 Å². The molecule has 0 fully saturated rings. The van der Waals surface area contributed by atoms with E-state index in [0.717, 1.165) is 13.0 Å². The molecule has 0 amide bonds. The van der Waals surface area contributed by atoms with Gasteiger partial charge in [-0.15, -0.1) is 0 Å². The molecule has 13 heavy (non-hydrogen) atoms. The smallest absolute Gasteiger partial charge is 0.323 e. The molecule has 0 saturated carbocycles. The van der Waals surface area contributed by atoms with Gasteiger partial charge < -0.3 is 4.74 Å². The van der Waals surface area contributed by atoms with Crippen LogP contribution in [0.1, 0.15) is 34.1 Å². The summed E-state index contributed by atoms with van der Waals surface area (Å²) in [4.78, 5) is 13.1. The van der Waals surface area contributed by atoms with E-state index in [1.807, 2.05) is 39.6 Å². The summed E-state index contributed by atoms with van der Waals surface area (Å²) < 4.78 is 4.65. The summed E-state index contributed by atoms with van der Waals surface area (Å²) in [6.07, 6.45) is 0.803. The first-order valence-corrected chi connectivity index (χ1v) is 4.95. The molecule has 0 rings (SSSR count). The zero-order valence-corrected chi connectivity index (χ0v) is 9.76. The monoisotopic (exact) mass is 189 g/mol. The van der Waals surface area contributed by atoms with Crippen molar-refractivity contribution >= 4 is 5.97 Å². The number of carbonyl (C=O) groups is 1. The standard InChI is InChI=1S/C8H17NO2.C2H6/c1-5-7(8(10)11-4)9(3)6-2;1-2/h7H,5-6H2,1-4H3;1-2H3. The highest BCUT2D eigenvalue weighted by Gasteiger charge is 2.19. The third-order valence-corrected chi connectivity index (χ3v) is 1.89. The van der Waals surface area contributed by atoms with E-state index in [1.165, 1.54) is 7.11 Å². The van der Waals surface area contributed by atoms with Gasteiger partial charge in [0, 0.05) is 0 Å². The first kappa shape index (κ1) is 14.9. The minimum Gasteiger partial charge on any atom is -0.468 e. The molecule has 1 atom stereocenters. The van der Waals surface area contributed by atoms with Crippen molar-refractivity contribution in [3.05, 3.63) is 0 Å². The summed E-state index contributed by atoms with van der Waals surface area (Å²) in [6, 6.07) is -0.0787. The Kier molecular flexibility index (Phi) is 10.9. The second-order valence-electron chi connectivity index (χ2n) is 2.52. The van der Waals surface area contributed by atoms with Crippen LogP contribution in [0.25, 0.3) is 0 Å². The van der Waals surface area contributed by atoms with Gasteiger partial charge >= 0.3 is 5.97 Å². The lowest BCUT2D eigenvalue weighted by atomic mass is 10.2. The SMILES string of the molecule is CC.CCC(C(=O)OC)N(C)CC. The van der Waals surface area contributed by atoms with Gasteiger partial charge in [-0.2, -0.15) is 0 Å². The molecule has 1 unspecified atom stereocenters. The van der Waals surface area contributed by atoms with Crippen molar-refractivity contribution in [1.29, 1.82) is 0 Å². The van der Waals surface area contributed by atoms with Crippen molar-refractivity contribution in [2.24, 2.45) is 0 Å². The van der Waals surface area contributed by atoms with Crippen molar-refractivity contribution in [3.63, 3.8) is 0 Å². The van der Waals surface area contributed by atoms with E-state index in [-0.39, 0.29) is 12.0 Å². The summed E-state index contributed by atoms with van der Waals surface area (Å²) in [5.74, 6) is -0.142. The van der Waals surface area contributed by atoms with Crippen molar-refractivity contribution in [1.82, 2.24) is 4.90 Å². The van der Waals surface area contributed by atoms with E-state index in [0.29, 0.717) is 0 Å². The molecule has 0 aliphatic carbocycles. The summed E-state index contributed by atoms with van der Waals surface area (Å²) in [7, 11) is 3.35. The molecule has 80 valence electrons. The number of methoxy groups -OCH3 is 1. The molecule has 0 bridgehead atoms. The van der Waals surface area contributed by atoms with Crippen LogP contribution >= 0.6 is 0 Å². The lowest BCUT2D eigenvalue weighted by Gasteiger charge is -2.22. The number of rotatable bonds is 4. The van der Waals surface area contributed by atoms with E-state index < -0.39 is 0 Å². The fraction of sp³-hybridized carbons (Fsp3) is 0.900. The quantitative estimate of drug-likeness (QED) is 0.633. The average Bonchev–Trinajstić information content (AvgIpc) is 2.21. The molecule has 0 N–H and O–H groups in total. The van der Waals surface area contributed by atoms with Gasteiger partial charge in [-0.3, -0.25) is 9.69 Å². The van der Waals surface area contributed by atoms with Crippen LogP contribution in [0.15, 0.2) is 0 Å². The topological polar surface area (TPSA) is 29.5 Å². The number of hydrogen-bond acceptors (Lipinski definition) is 3. The molecule has 3 nitrogen and oxygen atoms in total. The normalized spacial score (nSPS) is 11.6. The van der Waals surface area contributed by atoms with Gasteiger partial charge in [-0.05, 0) is 20.0 Å². The molecule has 0 radical (unpaired) electrons. The fourth-order valence-electron chi connectivity index (χ4n) is 1.01. The first-order chi connectivity index (χ1) is 6.17. The average molecular weight is 189 g/mol. The summed E-state index contributed by atoms with van der Waals surface area (Å²) in [5.41, 5.74) is 0. The molecule has 0 aromatic carbocycles. The number of carbonyl (C=O) groups excluding carboxylic acids is 1. The predicted molar refractivity (Wildman–Crippen MR) is 55.7 cm³/mol. The largest absolute Gasteiger partial charge is 0.468 e. The summed E-state index contributed by atoms with van der Waals surface area (Å²) in [5, 5.41) is 0. The lowest BCUT2D eigenvalue weighted by Crippen LogP contribution is -2.38. The van der Waals surface area contributed by atoms with E-state index in [4.69, 9.17) is 0 Å². The first-order valence-electron chi connectivity index (χ1n) is 4.95. The Morgan fingerprint density at radius 3 is 2.08 bits per heavy atom. The summed E-state index contributed by atoms with van der Waals surface area (Å²) >= 11 is 0. The van der Waals surface area contributed by atoms with Gasteiger partial charge in [0.15, 0.2) is 0 Å². The Morgan fingerprint density at radius 1 is 1.38 bits per heavy atom. The van der Waals surface area contributed by atoms with Gasteiger partial charge in [0.1, 0.15) is 6.04 Å². The van der Waals surface area contributed by atoms with E-state index in [9.17, 15) is 4.79 Å². The molecule has 0 heterocycles. The maximum atomic E-state index is 11.1. The van der Waals surface area contributed by atoms with Crippen LogP contribution in [-0.2, 0) is 9.53 Å². The van der Waals surface area contributed by atoms with Gasteiger partial charge in [0.2, 0.25) is 0 Å². The Bertz CT molecular complexity index is 126. The number of likely N-dealkylation sites (N-methyl/N-ethyl adjacent to an activating group) is 1. The van der Waals surface area contributed by atoms with Crippen LogP contribution in [0.5, 0.6) is 0 Å². The highest BCUT2D eigenvalue weighted by molar-refractivity contribution is 5.75. The molecule has 0 aromatic heterocycles. The third kappa shape index (κ3) is 5.64. The van der Waals surface area contributed by atoms with Crippen LogP contribution < -0.4 is 0 Å². The van der Waals surface area contributed by atoms with Crippen LogP contribution in [0.3, 0.4) is 0 Å². The maximum Gasteiger partial charge on any atom is 0.323 e. The second-order valence-corrected chi connectivity index (χ2v) is 2.52. The Hall–Kier alpha value is -0.570. The molecule has 0 aliphatic rings. The van der Waals surface area contributed by atoms with Gasteiger partial charge in [-0.1, -0.05) is 27.7 Å². The highest BCUT2D eigenvalue weighted by Crippen LogP contribution is 2.02.